The Morgan fingerprint density at radius 1 is 1.41 bits per heavy atom. The molecule has 0 bridgehead atoms. The van der Waals surface area contributed by atoms with Crippen molar-refractivity contribution >= 4 is 5.97 Å². The van der Waals surface area contributed by atoms with Gasteiger partial charge >= 0.3 is 5.97 Å². The maximum atomic E-state index is 13.4. The predicted octanol–water partition coefficient (Wildman–Crippen LogP) is 1.91. The van der Waals surface area contributed by atoms with Gasteiger partial charge < -0.3 is 10.1 Å². The van der Waals surface area contributed by atoms with Gasteiger partial charge in [-0.25, -0.2) is 4.39 Å². The summed E-state index contributed by atoms with van der Waals surface area (Å²) in [4.78, 5) is 11.2. The first-order valence-electron chi connectivity index (χ1n) is 5.62. The molecule has 1 unspecified atom stereocenters. The lowest BCUT2D eigenvalue weighted by atomic mass is 10.1. The van der Waals surface area contributed by atoms with Crippen molar-refractivity contribution in [3.05, 3.63) is 35.6 Å². The van der Waals surface area contributed by atoms with E-state index in [2.05, 4.69) is 10.1 Å². The van der Waals surface area contributed by atoms with Gasteiger partial charge in [0.05, 0.1) is 7.11 Å². The third-order valence-corrected chi connectivity index (χ3v) is 2.57. The number of methoxy groups -OCH3 is 1. The Morgan fingerprint density at radius 2 is 2.06 bits per heavy atom. The molecule has 1 N–H and O–H groups in total. The largest absolute Gasteiger partial charge is 0.468 e. The van der Waals surface area contributed by atoms with Crippen molar-refractivity contribution in [3.8, 4) is 0 Å². The summed E-state index contributed by atoms with van der Waals surface area (Å²) in [5, 5.41) is 3.07. The first-order chi connectivity index (χ1) is 8.04. The van der Waals surface area contributed by atoms with Crippen molar-refractivity contribution in [2.45, 2.75) is 32.4 Å². The summed E-state index contributed by atoms with van der Waals surface area (Å²) in [5.74, 6) is -0.530. The van der Waals surface area contributed by atoms with Crippen molar-refractivity contribution in [1.82, 2.24) is 5.32 Å². The van der Waals surface area contributed by atoms with Gasteiger partial charge in [0, 0.05) is 6.04 Å². The number of hydrogen-bond donors (Lipinski definition) is 1. The Hall–Kier alpha value is -1.42. The van der Waals surface area contributed by atoms with E-state index in [1.807, 2.05) is 6.92 Å². The molecule has 0 aliphatic rings. The van der Waals surface area contributed by atoms with Crippen molar-refractivity contribution < 1.29 is 13.9 Å². The molecule has 0 radical (unpaired) electrons. The summed E-state index contributed by atoms with van der Waals surface area (Å²) in [5.41, 5.74) is 0.643. The van der Waals surface area contributed by atoms with E-state index in [-0.39, 0.29) is 23.9 Å². The topological polar surface area (TPSA) is 38.3 Å². The van der Waals surface area contributed by atoms with Crippen LogP contribution in [0, 0.1) is 5.82 Å². The van der Waals surface area contributed by atoms with E-state index in [1.54, 1.807) is 25.1 Å². The van der Waals surface area contributed by atoms with Gasteiger partial charge in [-0.05, 0) is 31.9 Å². The molecule has 0 spiro atoms. The van der Waals surface area contributed by atoms with Crippen LogP contribution in [0.1, 0.15) is 19.4 Å². The van der Waals surface area contributed by atoms with Crippen LogP contribution in [-0.2, 0) is 16.0 Å². The Morgan fingerprint density at radius 3 is 2.65 bits per heavy atom. The highest BCUT2D eigenvalue weighted by Gasteiger charge is 2.16. The van der Waals surface area contributed by atoms with Gasteiger partial charge in [0.1, 0.15) is 11.9 Å². The molecule has 3 nitrogen and oxygen atoms in total. The second-order valence-electron chi connectivity index (χ2n) is 4.11. The standard InChI is InChI=1S/C13H18FNO2/c1-9(15-10(2)13(16)17-3)8-11-6-4-5-7-12(11)14/h4-7,9-10,15H,8H2,1-3H3/t9?,10-/m0/s1. The van der Waals surface area contributed by atoms with Crippen LogP contribution in [0.3, 0.4) is 0 Å². The van der Waals surface area contributed by atoms with E-state index in [1.165, 1.54) is 13.2 Å². The molecule has 1 aromatic carbocycles. The van der Waals surface area contributed by atoms with Gasteiger partial charge in [0.2, 0.25) is 0 Å². The smallest absolute Gasteiger partial charge is 0.322 e. The van der Waals surface area contributed by atoms with Gasteiger partial charge in [-0.3, -0.25) is 4.79 Å². The fraction of sp³-hybridized carbons (Fsp3) is 0.462. The number of benzene rings is 1. The summed E-state index contributed by atoms with van der Waals surface area (Å²) in [7, 11) is 1.35. The van der Waals surface area contributed by atoms with Crippen LogP contribution in [0.25, 0.3) is 0 Å². The van der Waals surface area contributed by atoms with Crippen LogP contribution in [0.2, 0.25) is 0 Å². The summed E-state index contributed by atoms with van der Waals surface area (Å²) in [6, 6.07) is 6.26. The molecule has 0 aromatic heterocycles. The highest BCUT2D eigenvalue weighted by Crippen LogP contribution is 2.09. The van der Waals surface area contributed by atoms with Gasteiger partial charge in [0.15, 0.2) is 0 Å². The van der Waals surface area contributed by atoms with Gasteiger partial charge in [-0.1, -0.05) is 18.2 Å². The van der Waals surface area contributed by atoms with Crippen molar-refractivity contribution in [2.75, 3.05) is 7.11 Å². The second kappa shape index (κ2) is 6.35. The first-order valence-corrected chi connectivity index (χ1v) is 5.62. The molecular formula is C13H18FNO2. The number of rotatable bonds is 5. The third-order valence-electron chi connectivity index (χ3n) is 2.57. The molecule has 0 saturated heterocycles. The van der Waals surface area contributed by atoms with Crippen LogP contribution in [0.5, 0.6) is 0 Å². The maximum Gasteiger partial charge on any atom is 0.322 e. The lowest BCUT2D eigenvalue weighted by Crippen LogP contribution is -2.41. The minimum Gasteiger partial charge on any atom is -0.468 e. The van der Waals surface area contributed by atoms with Crippen molar-refractivity contribution in [3.63, 3.8) is 0 Å². The average Bonchev–Trinajstić information content (AvgIpc) is 2.31. The molecule has 0 aliphatic carbocycles. The first kappa shape index (κ1) is 13.6. The average molecular weight is 239 g/mol. The summed E-state index contributed by atoms with van der Waals surface area (Å²) >= 11 is 0. The zero-order valence-corrected chi connectivity index (χ0v) is 10.4. The van der Waals surface area contributed by atoms with Crippen LogP contribution < -0.4 is 5.32 Å². The fourth-order valence-electron chi connectivity index (χ4n) is 1.72. The highest BCUT2D eigenvalue weighted by molar-refractivity contribution is 5.75. The van der Waals surface area contributed by atoms with E-state index < -0.39 is 0 Å². The minimum absolute atomic E-state index is 0.000926. The summed E-state index contributed by atoms with van der Waals surface area (Å²) in [6.45, 7) is 3.63. The van der Waals surface area contributed by atoms with Crippen LogP contribution in [-0.4, -0.2) is 25.2 Å². The molecule has 94 valence electrons. The molecule has 0 fully saturated rings. The third kappa shape index (κ3) is 4.15. The number of carbonyl (C=O) groups is 1. The number of halogens is 1. The molecule has 2 atom stereocenters. The normalized spacial score (nSPS) is 14.1. The number of nitrogens with one attached hydrogen (secondary N) is 1. The lowest BCUT2D eigenvalue weighted by Gasteiger charge is -2.18. The highest BCUT2D eigenvalue weighted by atomic mass is 19.1. The molecule has 0 amide bonds. The zero-order valence-electron chi connectivity index (χ0n) is 10.4. The maximum absolute atomic E-state index is 13.4. The Labute approximate surface area is 101 Å². The number of carbonyl (C=O) groups excluding carboxylic acids is 1. The van der Waals surface area contributed by atoms with E-state index in [0.717, 1.165) is 0 Å². The molecular weight excluding hydrogens is 221 g/mol. The van der Waals surface area contributed by atoms with E-state index >= 15 is 0 Å². The second-order valence-corrected chi connectivity index (χ2v) is 4.11. The van der Waals surface area contributed by atoms with E-state index in [9.17, 15) is 9.18 Å². The molecule has 17 heavy (non-hydrogen) atoms. The Kier molecular flexibility index (Phi) is 5.10. The fourth-order valence-corrected chi connectivity index (χ4v) is 1.72. The number of hydrogen-bond acceptors (Lipinski definition) is 3. The summed E-state index contributed by atoms with van der Waals surface area (Å²) in [6.07, 6.45) is 0.536. The van der Waals surface area contributed by atoms with Crippen molar-refractivity contribution in [1.29, 1.82) is 0 Å². The Balaban J connectivity index is 2.53. The van der Waals surface area contributed by atoms with E-state index in [4.69, 9.17) is 0 Å². The SMILES string of the molecule is COC(=O)[C@H](C)NC(C)Cc1ccccc1F. The molecule has 4 heteroatoms. The predicted molar refractivity (Wildman–Crippen MR) is 64.2 cm³/mol. The number of esters is 1. The monoisotopic (exact) mass is 239 g/mol. The summed E-state index contributed by atoms with van der Waals surface area (Å²) < 4.78 is 18.0. The minimum atomic E-state index is -0.387. The molecule has 0 heterocycles. The molecule has 0 aliphatic heterocycles. The molecule has 0 saturated carbocycles. The van der Waals surface area contributed by atoms with Crippen LogP contribution in [0.4, 0.5) is 4.39 Å². The molecule has 1 aromatic rings. The zero-order chi connectivity index (χ0) is 12.8. The van der Waals surface area contributed by atoms with Crippen LogP contribution >= 0.6 is 0 Å². The van der Waals surface area contributed by atoms with E-state index in [0.29, 0.717) is 12.0 Å². The van der Waals surface area contributed by atoms with Crippen LogP contribution in [0.15, 0.2) is 24.3 Å². The number of ether oxygens (including phenoxy) is 1. The quantitative estimate of drug-likeness (QED) is 0.798. The molecule has 1 rings (SSSR count). The lowest BCUT2D eigenvalue weighted by molar-refractivity contribution is -0.142. The van der Waals surface area contributed by atoms with Gasteiger partial charge in [-0.15, -0.1) is 0 Å². The van der Waals surface area contributed by atoms with Gasteiger partial charge in [0.25, 0.3) is 0 Å². The Bertz CT molecular complexity index is 381. The van der Waals surface area contributed by atoms with Crippen molar-refractivity contribution in [2.24, 2.45) is 0 Å². The van der Waals surface area contributed by atoms with Gasteiger partial charge in [-0.2, -0.15) is 0 Å².